The van der Waals surface area contributed by atoms with Crippen molar-refractivity contribution in [1.29, 1.82) is 0 Å². The van der Waals surface area contributed by atoms with Crippen LogP contribution in [0.15, 0.2) is 30.0 Å². The first-order valence-corrected chi connectivity index (χ1v) is 5.24. The summed E-state index contributed by atoms with van der Waals surface area (Å²) in [6, 6.07) is 8.42. The minimum atomic E-state index is -0.0540. The summed E-state index contributed by atoms with van der Waals surface area (Å²) >= 11 is 0. The van der Waals surface area contributed by atoms with Crippen molar-refractivity contribution in [1.82, 2.24) is 0 Å². The smallest absolute Gasteiger partial charge is 0.199 e. The van der Waals surface area contributed by atoms with Crippen LogP contribution in [0.1, 0.15) is 24.0 Å². The molecule has 1 saturated heterocycles. The Hall–Kier alpha value is -1.28. The zero-order valence-electron chi connectivity index (χ0n) is 9.19. The van der Waals surface area contributed by atoms with Crippen molar-refractivity contribution in [2.24, 2.45) is 0 Å². The van der Waals surface area contributed by atoms with Crippen LogP contribution < -0.4 is 0 Å². The SMILES string of the molecule is COC1CC/C(=C/c2ccc(C)cc2)O1. The third kappa shape index (κ3) is 2.60. The second-order valence-corrected chi connectivity index (χ2v) is 3.84. The Labute approximate surface area is 90.5 Å². The number of methoxy groups -OCH3 is 1. The molecule has 1 heterocycles. The fourth-order valence-corrected chi connectivity index (χ4v) is 1.67. The van der Waals surface area contributed by atoms with E-state index in [2.05, 4.69) is 37.3 Å². The van der Waals surface area contributed by atoms with Crippen molar-refractivity contribution >= 4 is 6.08 Å². The van der Waals surface area contributed by atoms with E-state index >= 15 is 0 Å². The van der Waals surface area contributed by atoms with Crippen LogP contribution in [0.4, 0.5) is 0 Å². The van der Waals surface area contributed by atoms with Gasteiger partial charge in [0.15, 0.2) is 6.29 Å². The molecule has 80 valence electrons. The molecule has 1 aliphatic heterocycles. The molecule has 0 N–H and O–H groups in total. The fraction of sp³-hybridized carbons (Fsp3) is 0.385. The maximum absolute atomic E-state index is 5.58. The van der Waals surface area contributed by atoms with Crippen molar-refractivity contribution in [2.75, 3.05) is 7.11 Å². The van der Waals surface area contributed by atoms with Crippen LogP contribution in [0, 0.1) is 6.92 Å². The Balaban J connectivity index is 2.07. The Kier molecular flexibility index (Phi) is 3.07. The van der Waals surface area contributed by atoms with Gasteiger partial charge in [0.05, 0.1) is 0 Å². The van der Waals surface area contributed by atoms with E-state index in [0.717, 1.165) is 18.6 Å². The van der Waals surface area contributed by atoms with Gasteiger partial charge in [-0.3, -0.25) is 0 Å². The lowest BCUT2D eigenvalue weighted by atomic mass is 10.1. The first-order valence-electron chi connectivity index (χ1n) is 5.24. The number of ether oxygens (including phenoxy) is 2. The first-order chi connectivity index (χ1) is 7.28. The second-order valence-electron chi connectivity index (χ2n) is 3.84. The van der Waals surface area contributed by atoms with Crippen molar-refractivity contribution in [3.05, 3.63) is 41.2 Å². The Morgan fingerprint density at radius 2 is 2.07 bits per heavy atom. The van der Waals surface area contributed by atoms with Gasteiger partial charge in [0.2, 0.25) is 0 Å². The first kappa shape index (κ1) is 10.2. The molecule has 0 amide bonds. The third-order valence-electron chi connectivity index (χ3n) is 2.58. The van der Waals surface area contributed by atoms with Crippen LogP contribution in [0.2, 0.25) is 0 Å². The topological polar surface area (TPSA) is 18.5 Å². The van der Waals surface area contributed by atoms with Crippen LogP contribution >= 0.6 is 0 Å². The number of hydrogen-bond acceptors (Lipinski definition) is 2. The summed E-state index contributed by atoms with van der Waals surface area (Å²) in [7, 11) is 1.68. The molecule has 0 spiro atoms. The maximum atomic E-state index is 5.58. The molecule has 1 unspecified atom stereocenters. The fourth-order valence-electron chi connectivity index (χ4n) is 1.67. The highest BCUT2D eigenvalue weighted by Gasteiger charge is 2.19. The van der Waals surface area contributed by atoms with Crippen LogP contribution in [0.3, 0.4) is 0 Å². The van der Waals surface area contributed by atoms with Gasteiger partial charge in [-0.25, -0.2) is 0 Å². The normalized spacial score (nSPS) is 23.1. The number of hydrogen-bond donors (Lipinski definition) is 0. The van der Waals surface area contributed by atoms with Gasteiger partial charge < -0.3 is 9.47 Å². The summed E-state index contributed by atoms with van der Waals surface area (Å²) in [4.78, 5) is 0. The van der Waals surface area contributed by atoms with Gasteiger partial charge in [0, 0.05) is 20.0 Å². The van der Waals surface area contributed by atoms with E-state index in [0.29, 0.717) is 0 Å². The Bertz CT molecular complexity index is 351. The molecule has 2 heteroatoms. The molecule has 0 bridgehead atoms. The van der Waals surface area contributed by atoms with E-state index in [9.17, 15) is 0 Å². The number of aryl methyl sites for hydroxylation is 1. The molecular formula is C13H16O2. The summed E-state index contributed by atoms with van der Waals surface area (Å²) in [5.74, 6) is 1.02. The lowest BCUT2D eigenvalue weighted by molar-refractivity contribution is -0.0674. The van der Waals surface area contributed by atoms with Crippen molar-refractivity contribution in [3.8, 4) is 0 Å². The highest BCUT2D eigenvalue weighted by molar-refractivity contribution is 5.52. The summed E-state index contributed by atoms with van der Waals surface area (Å²) in [6.45, 7) is 2.09. The summed E-state index contributed by atoms with van der Waals surface area (Å²) < 4.78 is 10.7. The molecule has 2 nitrogen and oxygen atoms in total. The van der Waals surface area contributed by atoms with Gasteiger partial charge in [-0.1, -0.05) is 29.8 Å². The number of allylic oxidation sites excluding steroid dienone is 1. The zero-order valence-corrected chi connectivity index (χ0v) is 9.19. The average molecular weight is 204 g/mol. The average Bonchev–Trinajstić information content (AvgIpc) is 2.69. The molecule has 0 radical (unpaired) electrons. The quantitative estimate of drug-likeness (QED) is 0.737. The molecular weight excluding hydrogens is 188 g/mol. The van der Waals surface area contributed by atoms with Crippen LogP contribution in [0.25, 0.3) is 6.08 Å². The van der Waals surface area contributed by atoms with Gasteiger partial charge in [-0.2, -0.15) is 0 Å². The van der Waals surface area contributed by atoms with E-state index < -0.39 is 0 Å². The Morgan fingerprint density at radius 3 is 2.67 bits per heavy atom. The van der Waals surface area contributed by atoms with Crippen LogP contribution in [-0.2, 0) is 9.47 Å². The van der Waals surface area contributed by atoms with Crippen molar-refractivity contribution in [3.63, 3.8) is 0 Å². The lowest BCUT2D eigenvalue weighted by Crippen LogP contribution is -2.05. The summed E-state index contributed by atoms with van der Waals surface area (Å²) in [6.07, 6.45) is 3.95. The zero-order chi connectivity index (χ0) is 10.7. The van der Waals surface area contributed by atoms with Gasteiger partial charge in [0.1, 0.15) is 5.76 Å². The molecule has 2 rings (SSSR count). The molecule has 1 fully saturated rings. The molecule has 0 aliphatic carbocycles. The van der Waals surface area contributed by atoms with E-state index in [1.165, 1.54) is 11.1 Å². The summed E-state index contributed by atoms with van der Waals surface area (Å²) in [5, 5.41) is 0. The van der Waals surface area contributed by atoms with Crippen molar-refractivity contribution in [2.45, 2.75) is 26.1 Å². The second kappa shape index (κ2) is 4.49. The van der Waals surface area contributed by atoms with Gasteiger partial charge >= 0.3 is 0 Å². The van der Waals surface area contributed by atoms with Gasteiger partial charge in [-0.05, 0) is 18.6 Å². The largest absolute Gasteiger partial charge is 0.469 e. The van der Waals surface area contributed by atoms with Crippen LogP contribution in [0.5, 0.6) is 0 Å². The minimum absolute atomic E-state index is 0.0540. The number of benzene rings is 1. The predicted molar refractivity (Wildman–Crippen MR) is 60.3 cm³/mol. The van der Waals surface area contributed by atoms with E-state index in [4.69, 9.17) is 9.47 Å². The van der Waals surface area contributed by atoms with E-state index in [1.54, 1.807) is 7.11 Å². The molecule has 1 aliphatic rings. The molecule has 1 aromatic carbocycles. The van der Waals surface area contributed by atoms with Gasteiger partial charge in [0.25, 0.3) is 0 Å². The number of rotatable bonds is 2. The molecule has 15 heavy (non-hydrogen) atoms. The maximum Gasteiger partial charge on any atom is 0.199 e. The standard InChI is InChI=1S/C13H16O2/c1-10-3-5-11(6-4-10)9-12-7-8-13(14-2)15-12/h3-6,9,13H,7-8H2,1-2H3/b12-9-. The van der Waals surface area contributed by atoms with Crippen molar-refractivity contribution < 1.29 is 9.47 Å². The van der Waals surface area contributed by atoms with E-state index in [-0.39, 0.29) is 6.29 Å². The molecule has 1 aromatic rings. The molecule has 1 atom stereocenters. The summed E-state index contributed by atoms with van der Waals surface area (Å²) in [5.41, 5.74) is 2.46. The monoisotopic (exact) mass is 204 g/mol. The lowest BCUT2D eigenvalue weighted by Gasteiger charge is -2.07. The third-order valence-corrected chi connectivity index (χ3v) is 2.58. The van der Waals surface area contributed by atoms with E-state index in [1.807, 2.05) is 0 Å². The highest BCUT2D eigenvalue weighted by atomic mass is 16.7. The highest BCUT2D eigenvalue weighted by Crippen LogP contribution is 2.25. The van der Waals surface area contributed by atoms with Gasteiger partial charge in [-0.15, -0.1) is 0 Å². The Morgan fingerprint density at radius 1 is 1.33 bits per heavy atom. The molecule has 0 aromatic heterocycles. The predicted octanol–water partition coefficient (Wildman–Crippen LogP) is 3.12. The molecule has 0 saturated carbocycles. The van der Waals surface area contributed by atoms with Crippen LogP contribution in [-0.4, -0.2) is 13.4 Å². The minimum Gasteiger partial charge on any atom is -0.469 e.